The molecule has 9 heteroatoms. The summed E-state index contributed by atoms with van der Waals surface area (Å²) in [6, 6.07) is 13.6. The van der Waals surface area contributed by atoms with E-state index in [1.54, 1.807) is 29.0 Å². The van der Waals surface area contributed by atoms with E-state index in [0.29, 0.717) is 34.3 Å². The topological polar surface area (TPSA) is 112 Å². The number of nitro benzene ring substituents is 1. The molecule has 9 nitrogen and oxygen atoms in total. The van der Waals surface area contributed by atoms with Crippen LogP contribution in [0.25, 0.3) is 10.9 Å². The number of ether oxygens (including phenoxy) is 1. The van der Waals surface area contributed by atoms with Crippen molar-refractivity contribution in [2.75, 3.05) is 5.32 Å². The van der Waals surface area contributed by atoms with E-state index in [4.69, 9.17) is 4.74 Å². The Bertz CT molecular complexity index is 1410. The van der Waals surface area contributed by atoms with Gasteiger partial charge in [-0.2, -0.15) is 0 Å². The normalized spacial score (nSPS) is 13.2. The van der Waals surface area contributed by atoms with E-state index in [1.165, 1.54) is 24.5 Å². The number of fused-ring (bicyclic) bond motifs is 1. The van der Waals surface area contributed by atoms with Crippen LogP contribution in [-0.2, 0) is 0 Å². The van der Waals surface area contributed by atoms with Crippen LogP contribution < -0.4 is 15.6 Å². The zero-order valence-electron chi connectivity index (χ0n) is 17.2. The quantitative estimate of drug-likeness (QED) is 0.343. The monoisotopic (exact) mass is 429 g/mol. The zero-order chi connectivity index (χ0) is 22.2. The van der Waals surface area contributed by atoms with Crippen molar-refractivity contribution in [1.82, 2.24) is 14.5 Å². The number of hydrogen-bond acceptors (Lipinski definition) is 7. The Labute approximate surface area is 182 Å². The van der Waals surface area contributed by atoms with Gasteiger partial charge >= 0.3 is 0 Å². The van der Waals surface area contributed by atoms with Crippen molar-refractivity contribution in [2.45, 2.75) is 25.8 Å². The number of rotatable bonds is 6. The van der Waals surface area contributed by atoms with Gasteiger partial charge in [0.05, 0.1) is 10.4 Å². The van der Waals surface area contributed by atoms with Gasteiger partial charge in [0.2, 0.25) is 0 Å². The predicted octanol–water partition coefficient (Wildman–Crippen LogP) is 4.88. The Morgan fingerprint density at radius 3 is 2.69 bits per heavy atom. The molecule has 0 bridgehead atoms. The first kappa shape index (κ1) is 19.7. The lowest BCUT2D eigenvalue weighted by Crippen LogP contribution is -2.16. The number of nitro groups is 1. The molecule has 2 aromatic heterocycles. The van der Waals surface area contributed by atoms with Crippen LogP contribution in [0.4, 0.5) is 17.2 Å². The molecule has 0 atom stereocenters. The zero-order valence-corrected chi connectivity index (χ0v) is 17.2. The summed E-state index contributed by atoms with van der Waals surface area (Å²) in [5.74, 6) is 1.59. The van der Waals surface area contributed by atoms with E-state index in [-0.39, 0.29) is 11.2 Å². The van der Waals surface area contributed by atoms with Crippen molar-refractivity contribution < 1.29 is 9.66 Å². The molecule has 0 saturated heterocycles. The van der Waals surface area contributed by atoms with Gasteiger partial charge in [0.1, 0.15) is 23.6 Å². The summed E-state index contributed by atoms with van der Waals surface area (Å²) in [7, 11) is 0. The standard InChI is InChI=1S/C23H19N5O4/c1-14-10-15(26-23-19-11-17(28(30)31)5-6-20(19)24-13-25-23)2-7-21(14)32-18-8-9-27(16-3-4-16)22(29)12-18/h2,5-13,16H,3-4H2,1H3,(H,24,25,26). The fourth-order valence-electron chi connectivity index (χ4n) is 3.55. The Kier molecular flexibility index (Phi) is 4.78. The van der Waals surface area contributed by atoms with Gasteiger partial charge in [0.15, 0.2) is 0 Å². The number of aromatic nitrogens is 3. The van der Waals surface area contributed by atoms with Crippen molar-refractivity contribution >= 4 is 28.1 Å². The van der Waals surface area contributed by atoms with Gasteiger partial charge in [-0.1, -0.05) is 0 Å². The molecule has 32 heavy (non-hydrogen) atoms. The first-order chi connectivity index (χ1) is 15.5. The molecule has 0 aliphatic heterocycles. The highest BCUT2D eigenvalue weighted by Crippen LogP contribution is 2.34. The second-order valence-electron chi connectivity index (χ2n) is 7.73. The molecule has 0 radical (unpaired) electrons. The molecule has 1 saturated carbocycles. The van der Waals surface area contributed by atoms with Gasteiger partial charge in [-0.25, -0.2) is 9.97 Å². The molecular formula is C23H19N5O4. The van der Waals surface area contributed by atoms with Crippen LogP contribution >= 0.6 is 0 Å². The molecule has 0 amide bonds. The lowest BCUT2D eigenvalue weighted by molar-refractivity contribution is -0.384. The minimum Gasteiger partial charge on any atom is -0.457 e. The molecule has 1 fully saturated rings. The number of aryl methyl sites for hydroxylation is 1. The average Bonchev–Trinajstić information content (AvgIpc) is 3.61. The summed E-state index contributed by atoms with van der Waals surface area (Å²) >= 11 is 0. The Morgan fingerprint density at radius 1 is 1.12 bits per heavy atom. The Morgan fingerprint density at radius 2 is 1.97 bits per heavy atom. The first-order valence-corrected chi connectivity index (χ1v) is 10.1. The molecule has 5 rings (SSSR count). The van der Waals surface area contributed by atoms with Gasteiger partial charge < -0.3 is 14.6 Å². The summed E-state index contributed by atoms with van der Waals surface area (Å²) in [5, 5.41) is 14.9. The molecule has 1 N–H and O–H groups in total. The molecule has 1 aliphatic rings. The minimum absolute atomic E-state index is 0.0288. The van der Waals surface area contributed by atoms with Crippen LogP contribution in [0.2, 0.25) is 0 Å². The molecule has 1 aliphatic carbocycles. The second kappa shape index (κ2) is 7.77. The van der Waals surface area contributed by atoms with Crippen LogP contribution in [-0.4, -0.2) is 19.5 Å². The van der Waals surface area contributed by atoms with Crippen molar-refractivity contribution in [2.24, 2.45) is 0 Å². The lowest BCUT2D eigenvalue weighted by Gasteiger charge is -2.13. The largest absolute Gasteiger partial charge is 0.457 e. The molecule has 2 heterocycles. The maximum atomic E-state index is 12.2. The maximum Gasteiger partial charge on any atom is 0.270 e. The van der Waals surface area contributed by atoms with Crippen molar-refractivity contribution in [1.29, 1.82) is 0 Å². The number of nitrogens with zero attached hydrogens (tertiary/aromatic N) is 4. The highest BCUT2D eigenvalue weighted by atomic mass is 16.6. The minimum atomic E-state index is -0.449. The second-order valence-corrected chi connectivity index (χ2v) is 7.73. The number of hydrogen-bond donors (Lipinski definition) is 1. The van der Waals surface area contributed by atoms with Crippen LogP contribution in [0.3, 0.4) is 0 Å². The predicted molar refractivity (Wildman–Crippen MR) is 120 cm³/mol. The molecule has 2 aromatic carbocycles. The third-order valence-corrected chi connectivity index (χ3v) is 5.36. The van der Waals surface area contributed by atoms with E-state index < -0.39 is 4.92 Å². The number of benzene rings is 2. The van der Waals surface area contributed by atoms with E-state index in [1.807, 2.05) is 19.1 Å². The Hall–Kier alpha value is -4.27. The van der Waals surface area contributed by atoms with Crippen LogP contribution in [0.15, 0.2) is 65.8 Å². The Balaban J connectivity index is 1.39. The number of pyridine rings is 1. The van der Waals surface area contributed by atoms with Crippen molar-refractivity contribution in [3.05, 3.63) is 87.1 Å². The summed E-state index contributed by atoms with van der Waals surface area (Å²) in [5.41, 5.74) is 2.10. The summed E-state index contributed by atoms with van der Waals surface area (Å²) in [6.45, 7) is 1.90. The van der Waals surface area contributed by atoms with Gasteiger partial charge in [0, 0.05) is 41.5 Å². The van der Waals surface area contributed by atoms with Crippen LogP contribution in [0.5, 0.6) is 11.5 Å². The summed E-state index contributed by atoms with van der Waals surface area (Å²) < 4.78 is 7.66. The summed E-state index contributed by atoms with van der Waals surface area (Å²) in [4.78, 5) is 31.3. The highest BCUT2D eigenvalue weighted by molar-refractivity contribution is 5.92. The van der Waals surface area contributed by atoms with Gasteiger partial charge in [-0.05, 0) is 55.7 Å². The van der Waals surface area contributed by atoms with Crippen molar-refractivity contribution in [3.8, 4) is 11.5 Å². The fourth-order valence-corrected chi connectivity index (χ4v) is 3.55. The van der Waals surface area contributed by atoms with Crippen LogP contribution in [0.1, 0.15) is 24.4 Å². The van der Waals surface area contributed by atoms with E-state index in [0.717, 1.165) is 24.1 Å². The first-order valence-electron chi connectivity index (χ1n) is 10.1. The van der Waals surface area contributed by atoms with Crippen molar-refractivity contribution in [3.63, 3.8) is 0 Å². The molecular weight excluding hydrogens is 410 g/mol. The number of non-ortho nitro benzene ring substituents is 1. The number of nitrogens with one attached hydrogen (secondary N) is 1. The third kappa shape index (κ3) is 3.87. The third-order valence-electron chi connectivity index (χ3n) is 5.36. The molecule has 0 spiro atoms. The lowest BCUT2D eigenvalue weighted by atomic mass is 10.1. The smallest absolute Gasteiger partial charge is 0.270 e. The fraction of sp³-hybridized carbons (Fsp3) is 0.174. The average molecular weight is 429 g/mol. The van der Waals surface area contributed by atoms with Crippen LogP contribution in [0, 0.1) is 17.0 Å². The van der Waals surface area contributed by atoms with Gasteiger partial charge in [-0.15, -0.1) is 0 Å². The molecule has 0 unspecified atom stereocenters. The molecule has 160 valence electrons. The van der Waals surface area contributed by atoms with E-state index in [9.17, 15) is 14.9 Å². The maximum absolute atomic E-state index is 12.2. The molecule has 4 aromatic rings. The summed E-state index contributed by atoms with van der Waals surface area (Å²) in [6.07, 6.45) is 5.27. The van der Waals surface area contributed by atoms with Gasteiger partial charge in [-0.3, -0.25) is 14.9 Å². The van der Waals surface area contributed by atoms with E-state index >= 15 is 0 Å². The van der Waals surface area contributed by atoms with E-state index in [2.05, 4.69) is 15.3 Å². The SMILES string of the molecule is Cc1cc(Nc2ncnc3ccc([N+](=O)[O-])cc23)ccc1Oc1ccn(C2CC2)c(=O)c1. The number of anilines is 2. The highest BCUT2D eigenvalue weighted by Gasteiger charge is 2.24. The van der Waals surface area contributed by atoms with Gasteiger partial charge in [0.25, 0.3) is 11.2 Å².